The van der Waals surface area contributed by atoms with Crippen molar-refractivity contribution in [1.82, 2.24) is 0 Å². The molecule has 0 saturated carbocycles. The number of carbonyl (C=O) groups excluding carboxylic acids is 2. The van der Waals surface area contributed by atoms with Crippen LogP contribution >= 0.6 is 0 Å². The molecule has 0 heterocycles. The first-order valence-electron chi connectivity index (χ1n) is 9.82. The Hall–Kier alpha value is -3.98. The van der Waals surface area contributed by atoms with Gasteiger partial charge in [-0.2, -0.15) is 0 Å². The molecule has 1 aliphatic carbocycles. The van der Waals surface area contributed by atoms with E-state index in [4.69, 9.17) is 4.74 Å². The molecule has 5 aromatic carbocycles. The molecule has 1 aliphatic rings. The first-order chi connectivity index (χ1) is 14.7. The van der Waals surface area contributed by atoms with Gasteiger partial charge < -0.3 is 4.74 Å². The molecule has 142 valence electrons. The normalized spacial score (nSPS) is 13.0. The summed E-state index contributed by atoms with van der Waals surface area (Å²) in [5, 5.41) is 6.49. The van der Waals surface area contributed by atoms with E-state index in [9.17, 15) is 9.59 Å². The summed E-state index contributed by atoms with van der Waals surface area (Å²) >= 11 is 0. The Labute approximate surface area is 172 Å². The molecule has 0 amide bonds. The van der Waals surface area contributed by atoms with E-state index in [0.717, 1.165) is 43.4 Å². The third-order valence-corrected chi connectivity index (χ3v) is 6.08. The lowest BCUT2D eigenvalue weighted by Crippen LogP contribution is -2.21. The van der Waals surface area contributed by atoms with E-state index in [2.05, 4.69) is 36.4 Å². The van der Waals surface area contributed by atoms with E-state index < -0.39 is 11.6 Å². The second kappa shape index (κ2) is 6.01. The number of ketones is 2. The third kappa shape index (κ3) is 2.15. The molecular weight excluding hydrogens is 372 g/mol. The molecule has 3 heteroatoms. The van der Waals surface area contributed by atoms with Gasteiger partial charge >= 0.3 is 0 Å². The van der Waals surface area contributed by atoms with Gasteiger partial charge in [0.05, 0.1) is 7.11 Å². The Morgan fingerprint density at radius 2 is 1.23 bits per heavy atom. The highest BCUT2D eigenvalue weighted by molar-refractivity contribution is 6.54. The Morgan fingerprint density at radius 1 is 0.600 bits per heavy atom. The quantitative estimate of drug-likeness (QED) is 0.254. The van der Waals surface area contributed by atoms with Crippen molar-refractivity contribution < 1.29 is 14.3 Å². The van der Waals surface area contributed by atoms with Gasteiger partial charge in [0, 0.05) is 16.7 Å². The zero-order valence-electron chi connectivity index (χ0n) is 16.2. The number of carbonyl (C=O) groups is 2. The fraction of sp³-hybridized carbons (Fsp3) is 0.0370. The molecule has 0 N–H and O–H groups in total. The highest BCUT2D eigenvalue weighted by Gasteiger charge is 2.32. The Bertz CT molecular complexity index is 1550. The molecule has 0 saturated heterocycles. The van der Waals surface area contributed by atoms with Crippen molar-refractivity contribution in [2.24, 2.45) is 0 Å². The van der Waals surface area contributed by atoms with Gasteiger partial charge in [-0.3, -0.25) is 9.59 Å². The van der Waals surface area contributed by atoms with Gasteiger partial charge in [0.15, 0.2) is 0 Å². The molecule has 0 aliphatic heterocycles. The molecule has 5 aromatic rings. The molecule has 0 unspecified atom stereocenters. The van der Waals surface area contributed by atoms with Crippen molar-refractivity contribution in [3.8, 4) is 16.9 Å². The minimum atomic E-state index is -0.468. The Morgan fingerprint density at radius 3 is 2.03 bits per heavy atom. The monoisotopic (exact) mass is 388 g/mol. The fourth-order valence-corrected chi connectivity index (χ4v) is 4.68. The SMILES string of the molecule is COc1ccc2c(c1)-c1c(ccc3ccc4ccc5ccccc5c4c13)C(=O)C2=O. The molecule has 0 bridgehead atoms. The van der Waals surface area contributed by atoms with Crippen LogP contribution in [-0.2, 0) is 0 Å². The van der Waals surface area contributed by atoms with Crippen LogP contribution in [0.1, 0.15) is 20.7 Å². The summed E-state index contributed by atoms with van der Waals surface area (Å²) in [6.45, 7) is 0. The number of Topliss-reactive ketones (excluding diaryl/α,β-unsaturated/α-hetero) is 2. The van der Waals surface area contributed by atoms with Crippen LogP contribution in [0.4, 0.5) is 0 Å². The molecule has 6 rings (SSSR count). The number of ether oxygens (including phenoxy) is 1. The summed E-state index contributed by atoms with van der Waals surface area (Å²) in [6, 6.07) is 25.7. The van der Waals surface area contributed by atoms with Gasteiger partial charge in [-0.05, 0) is 62.1 Å². The zero-order valence-corrected chi connectivity index (χ0v) is 16.2. The summed E-state index contributed by atoms with van der Waals surface area (Å²) in [5.41, 5.74) is 2.44. The lowest BCUT2D eigenvalue weighted by Gasteiger charge is -2.22. The van der Waals surface area contributed by atoms with Crippen molar-refractivity contribution in [3.05, 3.63) is 90.0 Å². The Balaban J connectivity index is 1.90. The summed E-state index contributed by atoms with van der Waals surface area (Å²) in [7, 11) is 1.60. The second-order valence-corrected chi connectivity index (χ2v) is 7.61. The molecule has 0 spiro atoms. The average Bonchev–Trinajstić information content (AvgIpc) is 2.80. The summed E-state index contributed by atoms with van der Waals surface area (Å²) in [4.78, 5) is 25.8. The zero-order chi connectivity index (χ0) is 20.4. The van der Waals surface area contributed by atoms with Gasteiger partial charge in [0.1, 0.15) is 5.75 Å². The summed E-state index contributed by atoms with van der Waals surface area (Å²) in [6.07, 6.45) is 0. The van der Waals surface area contributed by atoms with Gasteiger partial charge in [0.25, 0.3) is 0 Å². The third-order valence-electron chi connectivity index (χ3n) is 6.08. The first kappa shape index (κ1) is 16.9. The van der Waals surface area contributed by atoms with Crippen LogP contribution in [0.3, 0.4) is 0 Å². The first-order valence-corrected chi connectivity index (χ1v) is 9.82. The van der Waals surface area contributed by atoms with E-state index in [1.807, 2.05) is 24.3 Å². The number of hydrogen-bond donors (Lipinski definition) is 0. The van der Waals surface area contributed by atoms with Gasteiger partial charge in [-0.1, -0.05) is 54.6 Å². The van der Waals surface area contributed by atoms with Gasteiger partial charge in [-0.15, -0.1) is 0 Å². The van der Waals surface area contributed by atoms with Crippen molar-refractivity contribution in [3.63, 3.8) is 0 Å². The van der Waals surface area contributed by atoms with E-state index in [1.165, 1.54) is 0 Å². The molecule has 0 aromatic heterocycles. The predicted octanol–water partition coefficient (Wildman–Crippen LogP) is 6.20. The van der Waals surface area contributed by atoms with Gasteiger partial charge in [0.2, 0.25) is 11.6 Å². The molecule has 0 atom stereocenters. The highest BCUT2D eigenvalue weighted by atomic mass is 16.5. The van der Waals surface area contributed by atoms with Crippen LogP contribution in [0.15, 0.2) is 78.9 Å². The van der Waals surface area contributed by atoms with Crippen LogP contribution in [-0.4, -0.2) is 18.7 Å². The topological polar surface area (TPSA) is 43.4 Å². The minimum absolute atomic E-state index is 0.429. The average molecular weight is 388 g/mol. The van der Waals surface area contributed by atoms with E-state index >= 15 is 0 Å². The lowest BCUT2D eigenvalue weighted by molar-refractivity contribution is 0.0815. The van der Waals surface area contributed by atoms with Crippen LogP contribution in [0, 0.1) is 0 Å². The number of fused-ring (bicyclic) bond motifs is 9. The standard InChI is InChI=1S/C27H16O3/c1-30-18-11-13-20-22(14-18)25-21(27(29)26(20)28)12-10-17-9-8-16-7-6-15-4-2-3-5-19(15)23(16)24(17)25/h2-14H,1H3. The van der Waals surface area contributed by atoms with E-state index in [1.54, 1.807) is 25.3 Å². The van der Waals surface area contributed by atoms with Crippen molar-refractivity contribution in [1.29, 1.82) is 0 Å². The molecule has 0 radical (unpaired) electrons. The van der Waals surface area contributed by atoms with Crippen LogP contribution in [0.2, 0.25) is 0 Å². The Kier molecular flexibility index (Phi) is 3.39. The number of hydrogen-bond acceptors (Lipinski definition) is 3. The lowest BCUT2D eigenvalue weighted by atomic mass is 9.79. The predicted molar refractivity (Wildman–Crippen MR) is 120 cm³/mol. The van der Waals surface area contributed by atoms with Crippen LogP contribution < -0.4 is 4.74 Å². The highest BCUT2D eigenvalue weighted by Crippen LogP contribution is 2.44. The van der Waals surface area contributed by atoms with Crippen LogP contribution in [0.5, 0.6) is 5.75 Å². The maximum absolute atomic E-state index is 13.0. The number of rotatable bonds is 1. The summed E-state index contributed by atoms with van der Waals surface area (Å²) in [5.74, 6) is -0.268. The van der Waals surface area contributed by atoms with Gasteiger partial charge in [-0.25, -0.2) is 0 Å². The fourth-order valence-electron chi connectivity index (χ4n) is 4.68. The molecule has 30 heavy (non-hydrogen) atoms. The maximum atomic E-state index is 13.0. The van der Waals surface area contributed by atoms with Crippen LogP contribution in [0.25, 0.3) is 43.4 Å². The number of benzene rings is 5. The summed E-state index contributed by atoms with van der Waals surface area (Å²) < 4.78 is 5.43. The van der Waals surface area contributed by atoms with Crippen molar-refractivity contribution in [2.75, 3.05) is 7.11 Å². The van der Waals surface area contributed by atoms with Crippen molar-refractivity contribution >= 4 is 43.9 Å². The van der Waals surface area contributed by atoms with E-state index in [-0.39, 0.29) is 0 Å². The second-order valence-electron chi connectivity index (χ2n) is 7.61. The smallest absolute Gasteiger partial charge is 0.234 e. The maximum Gasteiger partial charge on any atom is 0.234 e. The minimum Gasteiger partial charge on any atom is -0.497 e. The molecule has 0 fully saturated rings. The molecule has 3 nitrogen and oxygen atoms in total. The molecular formula is C27H16O3. The number of methoxy groups -OCH3 is 1. The van der Waals surface area contributed by atoms with E-state index in [0.29, 0.717) is 16.9 Å². The largest absolute Gasteiger partial charge is 0.497 e. The van der Waals surface area contributed by atoms with Crippen molar-refractivity contribution in [2.45, 2.75) is 0 Å².